The molecule has 3 rings (SSSR count). The monoisotopic (exact) mass is 421 g/mol. The van der Waals surface area contributed by atoms with E-state index >= 15 is 0 Å². The predicted octanol–water partition coefficient (Wildman–Crippen LogP) is 6.84. The summed E-state index contributed by atoms with van der Waals surface area (Å²) in [5, 5.41) is 12.8. The predicted molar refractivity (Wildman–Crippen MR) is 130 cm³/mol. The van der Waals surface area contributed by atoms with E-state index in [1.807, 2.05) is 30.5 Å². The van der Waals surface area contributed by atoms with Crippen LogP contribution in [0.5, 0.6) is 5.75 Å². The summed E-state index contributed by atoms with van der Waals surface area (Å²) >= 11 is 7.04. The van der Waals surface area contributed by atoms with E-state index in [2.05, 4.69) is 62.2 Å². The van der Waals surface area contributed by atoms with Crippen LogP contribution in [-0.4, -0.2) is 22.2 Å². The Morgan fingerprint density at radius 3 is 2.31 bits per heavy atom. The van der Waals surface area contributed by atoms with E-state index in [0.717, 1.165) is 33.0 Å². The largest absolute Gasteiger partial charge is 0.506 e. The first-order chi connectivity index (χ1) is 13.8. The normalized spacial score (nSPS) is 12.2. The molecule has 3 aromatic rings. The number of aromatic hydroxyl groups is 1. The Labute approximate surface area is 183 Å². The third-order valence-corrected chi connectivity index (χ3v) is 6.20. The van der Waals surface area contributed by atoms with Gasteiger partial charge in [0, 0.05) is 27.9 Å². The number of aliphatic imine (C=N–C) groups is 1. The highest BCUT2D eigenvalue weighted by atomic mass is 32.1. The van der Waals surface area contributed by atoms with E-state index in [-0.39, 0.29) is 5.41 Å². The molecule has 1 aromatic heterocycles. The fourth-order valence-electron chi connectivity index (χ4n) is 3.11. The summed E-state index contributed by atoms with van der Waals surface area (Å²) in [4.78, 5) is 6.40. The van der Waals surface area contributed by atoms with Crippen molar-refractivity contribution in [3.8, 4) is 16.2 Å². The smallest absolute Gasteiger partial charge is 0.143 e. The molecule has 0 aliphatic carbocycles. The van der Waals surface area contributed by atoms with Crippen molar-refractivity contribution in [3.05, 3.63) is 76.7 Å². The number of nitrogens with zero attached hydrogens (tertiary/aromatic N) is 1. The third kappa shape index (κ3) is 5.40. The van der Waals surface area contributed by atoms with Gasteiger partial charge >= 0.3 is 0 Å². The molecule has 1 N–H and O–H groups in total. The summed E-state index contributed by atoms with van der Waals surface area (Å²) in [5.41, 5.74) is 5.22. The van der Waals surface area contributed by atoms with Gasteiger partial charge in [-0.25, -0.2) is 0 Å². The zero-order valence-electron chi connectivity index (χ0n) is 17.4. The molecule has 0 radical (unpaired) electrons. The van der Waals surface area contributed by atoms with E-state index in [1.165, 1.54) is 11.1 Å². The van der Waals surface area contributed by atoms with Gasteiger partial charge in [-0.2, -0.15) is 0 Å². The number of rotatable bonds is 6. The van der Waals surface area contributed by atoms with Gasteiger partial charge in [-0.15, -0.1) is 11.3 Å². The second-order valence-corrected chi connectivity index (χ2v) is 9.71. The molecule has 1 heterocycles. The van der Waals surface area contributed by atoms with Gasteiger partial charge in [-0.05, 0) is 29.0 Å². The van der Waals surface area contributed by atoms with Crippen molar-refractivity contribution in [1.82, 2.24) is 0 Å². The van der Waals surface area contributed by atoms with Crippen LogP contribution in [0.2, 0.25) is 0 Å². The first kappa shape index (κ1) is 21.4. The maximum absolute atomic E-state index is 10.8. The first-order valence-corrected chi connectivity index (χ1v) is 11.0. The molecule has 0 amide bonds. The van der Waals surface area contributed by atoms with Crippen LogP contribution >= 0.6 is 23.6 Å². The molecule has 0 aliphatic rings. The topological polar surface area (TPSA) is 32.6 Å². The number of thiophene rings is 1. The Morgan fingerprint density at radius 2 is 1.69 bits per heavy atom. The van der Waals surface area contributed by atoms with Crippen molar-refractivity contribution in [2.24, 2.45) is 4.99 Å². The van der Waals surface area contributed by atoms with Crippen molar-refractivity contribution < 1.29 is 5.11 Å². The van der Waals surface area contributed by atoms with Gasteiger partial charge in [0.1, 0.15) is 5.75 Å². The SMILES string of the molecule is CC(=NCC(=S)Cc1ccccc1)c1csc(-c2ccc(C(C)(C)C)cc2)c1O. The second-order valence-electron chi connectivity index (χ2n) is 8.26. The van der Waals surface area contributed by atoms with E-state index in [0.29, 0.717) is 12.3 Å². The number of thiocarbonyl (C=S) groups is 1. The molecular formula is C25H27NOS2. The Bertz CT molecular complexity index is 1010. The molecule has 0 unspecified atom stereocenters. The zero-order valence-corrected chi connectivity index (χ0v) is 19.0. The average Bonchev–Trinajstić information content (AvgIpc) is 3.08. The van der Waals surface area contributed by atoms with Crippen LogP contribution in [0.4, 0.5) is 0 Å². The van der Waals surface area contributed by atoms with Crippen LogP contribution in [0.15, 0.2) is 65.0 Å². The van der Waals surface area contributed by atoms with Crippen molar-refractivity contribution in [1.29, 1.82) is 0 Å². The number of benzene rings is 2. The summed E-state index contributed by atoms with van der Waals surface area (Å²) < 4.78 is 0. The minimum Gasteiger partial charge on any atom is -0.506 e. The molecule has 0 saturated heterocycles. The Morgan fingerprint density at radius 1 is 1.03 bits per heavy atom. The second kappa shape index (κ2) is 9.02. The number of hydrogen-bond donors (Lipinski definition) is 1. The van der Waals surface area contributed by atoms with E-state index < -0.39 is 0 Å². The first-order valence-electron chi connectivity index (χ1n) is 9.74. The molecular weight excluding hydrogens is 394 g/mol. The van der Waals surface area contributed by atoms with Crippen molar-refractivity contribution >= 4 is 34.1 Å². The van der Waals surface area contributed by atoms with Gasteiger partial charge in [-0.3, -0.25) is 4.99 Å². The fraction of sp³-hybridized carbons (Fsp3) is 0.280. The lowest BCUT2D eigenvalue weighted by Gasteiger charge is -2.19. The standard InChI is InChI=1S/C25H27NOS2/c1-17(26-15-21(28)14-18-8-6-5-7-9-18)22-16-29-24(23(22)27)19-10-12-20(13-11-19)25(2,3)4/h5-13,16,27H,14-15H2,1-4H3. The van der Waals surface area contributed by atoms with Crippen molar-refractivity contribution in [2.45, 2.75) is 39.5 Å². The summed E-state index contributed by atoms with van der Waals surface area (Å²) in [5.74, 6) is 0.300. The molecule has 0 saturated carbocycles. The number of hydrogen-bond acceptors (Lipinski definition) is 4. The minimum absolute atomic E-state index is 0.114. The lowest BCUT2D eigenvalue weighted by molar-refractivity contribution is 0.478. The summed E-state index contributed by atoms with van der Waals surface area (Å²) in [6.07, 6.45) is 0.744. The molecule has 2 nitrogen and oxygen atoms in total. The maximum Gasteiger partial charge on any atom is 0.143 e. The highest BCUT2D eigenvalue weighted by molar-refractivity contribution is 7.80. The zero-order chi connectivity index (χ0) is 21.0. The van der Waals surface area contributed by atoms with E-state index in [4.69, 9.17) is 12.2 Å². The van der Waals surface area contributed by atoms with Crippen LogP contribution in [0.25, 0.3) is 10.4 Å². The Hall–Kier alpha value is -2.30. The maximum atomic E-state index is 10.8. The van der Waals surface area contributed by atoms with Gasteiger partial charge in [0.15, 0.2) is 0 Å². The Kier molecular flexibility index (Phi) is 6.66. The quantitative estimate of drug-likeness (QED) is 0.349. The molecule has 29 heavy (non-hydrogen) atoms. The van der Waals surface area contributed by atoms with E-state index in [9.17, 15) is 5.11 Å². The lowest BCUT2D eigenvalue weighted by atomic mass is 9.86. The Balaban J connectivity index is 1.72. The van der Waals surface area contributed by atoms with Gasteiger partial charge < -0.3 is 5.11 Å². The minimum atomic E-state index is 0.114. The lowest BCUT2D eigenvalue weighted by Crippen LogP contribution is -2.10. The third-order valence-electron chi connectivity index (χ3n) is 4.90. The summed E-state index contributed by atoms with van der Waals surface area (Å²) in [6.45, 7) is 9.01. The average molecular weight is 422 g/mol. The molecule has 2 aromatic carbocycles. The van der Waals surface area contributed by atoms with Crippen LogP contribution in [0.3, 0.4) is 0 Å². The molecule has 0 spiro atoms. The van der Waals surface area contributed by atoms with Gasteiger partial charge in [0.2, 0.25) is 0 Å². The molecule has 0 bridgehead atoms. The fourth-order valence-corrected chi connectivity index (χ4v) is 4.35. The van der Waals surface area contributed by atoms with Crippen molar-refractivity contribution in [2.75, 3.05) is 6.54 Å². The molecule has 0 atom stereocenters. The summed E-state index contributed by atoms with van der Waals surface area (Å²) in [6, 6.07) is 18.6. The highest BCUT2D eigenvalue weighted by Crippen LogP contribution is 2.39. The van der Waals surface area contributed by atoms with Gasteiger partial charge in [0.05, 0.1) is 11.4 Å². The molecule has 4 heteroatoms. The van der Waals surface area contributed by atoms with Gasteiger partial charge in [0.25, 0.3) is 0 Å². The van der Waals surface area contributed by atoms with Crippen LogP contribution in [0.1, 0.15) is 44.4 Å². The van der Waals surface area contributed by atoms with Crippen LogP contribution in [0, 0.1) is 0 Å². The molecule has 150 valence electrons. The van der Waals surface area contributed by atoms with Crippen LogP contribution in [-0.2, 0) is 11.8 Å². The molecule has 0 aliphatic heterocycles. The molecule has 0 fully saturated rings. The van der Waals surface area contributed by atoms with E-state index in [1.54, 1.807) is 11.3 Å². The highest BCUT2D eigenvalue weighted by Gasteiger charge is 2.17. The van der Waals surface area contributed by atoms with Crippen LogP contribution < -0.4 is 0 Å². The summed E-state index contributed by atoms with van der Waals surface area (Å²) in [7, 11) is 0. The van der Waals surface area contributed by atoms with Gasteiger partial charge in [-0.1, -0.05) is 87.6 Å². The van der Waals surface area contributed by atoms with Crippen molar-refractivity contribution in [3.63, 3.8) is 0 Å².